The van der Waals surface area contributed by atoms with E-state index in [2.05, 4.69) is 22.5 Å². The highest BCUT2D eigenvalue weighted by molar-refractivity contribution is 6.33. The number of amides is 1. The maximum absolute atomic E-state index is 12.4. The predicted molar refractivity (Wildman–Crippen MR) is 82.3 cm³/mol. The zero-order chi connectivity index (χ0) is 14.5. The zero-order valence-corrected chi connectivity index (χ0v) is 12.8. The first-order chi connectivity index (χ1) is 9.61. The minimum atomic E-state index is -0.104. The van der Waals surface area contributed by atoms with Crippen LogP contribution in [0, 0.1) is 5.92 Å². The lowest BCUT2D eigenvalue weighted by Crippen LogP contribution is -2.39. The first-order valence-corrected chi connectivity index (χ1v) is 7.63. The molecule has 2 unspecified atom stereocenters. The first kappa shape index (κ1) is 15.1. The molecular weight excluding hydrogens is 274 g/mol. The molecule has 2 N–H and O–H groups in total. The van der Waals surface area contributed by atoms with E-state index in [1.54, 1.807) is 13.1 Å². The third kappa shape index (κ3) is 3.63. The van der Waals surface area contributed by atoms with Crippen molar-refractivity contribution in [2.75, 3.05) is 12.4 Å². The van der Waals surface area contributed by atoms with Crippen molar-refractivity contribution in [3.05, 3.63) is 22.8 Å². The highest BCUT2D eigenvalue weighted by Gasteiger charge is 2.23. The number of hydrogen-bond donors (Lipinski definition) is 2. The zero-order valence-electron chi connectivity index (χ0n) is 12.1. The summed E-state index contributed by atoms with van der Waals surface area (Å²) in [5.41, 5.74) is 0.488. The smallest absolute Gasteiger partial charge is 0.253 e. The van der Waals surface area contributed by atoms with Crippen molar-refractivity contribution in [3.63, 3.8) is 0 Å². The standard InChI is InChI=1S/C15H22ClN3O/c1-10-6-4-3-5-7-13(10)19-15(20)11-8-14(17-2)18-9-12(11)16/h8-10,13H,3-7H2,1-2H3,(H,17,18)(H,19,20). The van der Waals surface area contributed by atoms with Crippen molar-refractivity contribution in [2.45, 2.75) is 45.1 Å². The highest BCUT2D eigenvalue weighted by Crippen LogP contribution is 2.24. The Morgan fingerprint density at radius 3 is 2.85 bits per heavy atom. The monoisotopic (exact) mass is 295 g/mol. The lowest BCUT2D eigenvalue weighted by molar-refractivity contribution is 0.0921. The van der Waals surface area contributed by atoms with Crippen LogP contribution in [0.5, 0.6) is 0 Å². The Morgan fingerprint density at radius 1 is 1.35 bits per heavy atom. The van der Waals surface area contributed by atoms with E-state index in [0.717, 1.165) is 6.42 Å². The van der Waals surface area contributed by atoms with Gasteiger partial charge in [0.25, 0.3) is 5.91 Å². The van der Waals surface area contributed by atoms with E-state index >= 15 is 0 Å². The summed E-state index contributed by atoms with van der Waals surface area (Å²) in [6.45, 7) is 2.21. The third-order valence-corrected chi connectivity index (χ3v) is 4.34. The number of aromatic nitrogens is 1. The average Bonchev–Trinajstić information content (AvgIpc) is 2.64. The van der Waals surface area contributed by atoms with Crippen molar-refractivity contribution in [2.24, 2.45) is 5.92 Å². The lowest BCUT2D eigenvalue weighted by atomic mass is 9.96. The van der Waals surface area contributed by atoms with Crippen LogP contribution < -0.4 is 10.6 Å². The Balaban J connectivity index is 2.10. The lowest BCUT2D eigenvalue weighted by Gasteiger charge is -2.23. The van der Waals surface area contributed by atoms with E-state index in [1.165, 1.54) is 31.9 Å². The Bertz CT molecular complexity index is 478. The second kappa shape index (κ2) is 6.93. The number of nitrogens with zero attached hydrogens (tertiary/aromatic N) is 1. The van der Waals surface area contributed by atoms with Gasteiger partial charge in [-0.3, -0.25) is 4.79 Å². The number of carbonyl (C=O) groups is 1. The molecule has 0 aliphatic heterocycles. The number of carbonyl (C=O) groups excluding carboxylic acids is 1. The largest absolute Gasteiger partial charge is 0.373 e. The van der Waals surface area contributed by atoms with Crippen molar-refractivity contribution in [3.8, 4) is 0 Å². The minimum absolute atomic E-state index is 0.104. The fourth-order valence-electron chi connectivity index (χ4n) is 2.70. The summed E-state index contributed by atoms with van der Waals surface area (Å²) >= 11 is 6.08. The fraction of sp³-hybridized carbons (Fsp3) is 0.600. The molecule has 1 aromatic heterocycles. The van der Waals surface area contributed by atoms with Gasteiger partial charge in [-0.25, -0.2) is 4.98 Å². The quantitative estimate of drug-likeness (QED) is 0.840. The van der Waals surface area contributed by atoms with Gasteiger partial charge in [0, 0.05) is 19.3 Å². The van der Waals surface area contributed by atoms with E-state index in [0.29, 0.717) is 22.3 Å². The van der Waals surface area contributed by atoms with Crippen molar-refractivity contribution < 1.29 is 4.79 Å². The maximum Gasteiger partial charge on any atom is 0.253 e. The third-order valence-electron chi connectivity index (χ3n) is 4.03. The topological polar surface area (TPSA) is 54.0 Å². The molecule has 110 valence electrons. The fourth-order valence-corrected chi connectivity index (χ4v) is 2.89. The van der Waals surface area contributed by atoms with Gasteiger partial charge in [0.2, 0.25) is 0 Å². The normalized spacial score (nSPS) is 22.9. The van der Waals surface area contributed by atoms with Gasteiger partial charge >= 0.3 is 0 Å². The van der Waals surface area contributed by atoms with Gasteiger partial charge in [0.05, 0.1) is 10.6 Å². The van der Waals surface area contributed by atoms with Crippen LogP contribution in [0.25, 0.3) is 0 Å². The van der Waals surface area contributed by atoms with Crippen LogP contribution in [-0.4, -0.2) is 24.0 Å². The molecule has 0 radical (unpaired) electrons. The number of nitrogens with one attached hydrogen (secondary N) is 2. The molecule has 0 saturated heterocycles. The summed E-state index contributed by atoms with van der Waals surface area (Å²) in [4.78, 5) is 16.5. The van der Waals surface area contributed by atoms with E-state index in [-0.39, 0.29) is 11.9 Å². The molecule has 1 aliphatic carbocycles. The molecule has 1 aliphatic rings. The summed E-state index contributed by atoms with van der Waals surface area (Å²) in [6.07, 6.45) is 7.44. The van der Waals surface area contributed by atoms with E-state index in [1.807, 2.05) is 0 Å². The molecule has 2 atom stereocenters. The summed E-state index contributed by atoms with van der Waals surface area (Å²) in [5.74, 6) is 1.06. The summed E-state index contributed by atoms with van der Waals surface area (Å²) < 4.78 is 0. The molecule has 0 aromatic carbocycles. The Kier molecular flexibility index (Phi) is 5.24. The van der Waals surface area contributed by atoms with Gasteiger partial charge in [-0.05, 0) is 24.8 Å². The van der Waals surface area contributed by atoms with Gasteiger partial charge in [0.15, 0.2) is 0 Å². The second-order valence-electron chi connectivity index (χ2n) is 5.49. The molecule has 5 heteroatoms. The molecule has 1 saturated carbocycles. The Morgan fingerprint density at radius 2 is 2.10 bits per heavy atom. The van der Waals surface area contributed by atoms with Gasteiger partial charge in [-0.2, -0.15) is 0 Å². The molecule has 1 fully saturated rings. The SMILES string of the molecule is CNc1cc(C(=O)NC2CCCCCC2C)c(Cl)cn1. The summed E-state index contributed by atoms with van der Waals surface area (Å²) in [5, 5.41) is 6.45. The molecule has 20 heavy (non-hydrogen) atoms. The van der Waals surface area contributed by atoms with Crippen LogP contribution in [0.15, 0.2) is 12.3 Å². The number of halogens is 1. The molecule has 1 amide bonds. The Labute approximate surface area is 125 Å². The van der Waals surface area contributed by atoms with Gasteiger partial charge < -0.3 is 10.6 Å². The molecular formula is C15H22ClN3O. The number of rotatable bonds is 3. The number of anilines is 1. The predicted octanol–water partition coefficient (Wildman–Crippen LogP) is 3.48. The summed E-state index contributed by atoms with van der Waals surface area (Å²) in [6, 6.07) is 1.94. The molecule has 1 aromatic rings. The van der Waals surface area contributed by atoms with Crippen LogP contribution in [-0.2, 0) is 0 Å². The second-order valence-corrected chi connectivity index (χ2v) is 5.90. The minimum Gasteiger partial charge on any atom is -0.373 e. The van der Waals surface area contributed by atoms with E-state index in [4.69, 9.17) is 11.6 Å². The van der Waals surface area contributed by atoms with Crippen molar-refractivity contribution in [1.29, 1.82) is 0 Å². The van der Waals surface area contributed by atoms with Crippen LogP contribution in [0.1, 0.15) is 49.4 Å². The van der Waals surface area contributed by atoms with E-state index < -0.39 is 0 Å². The number of pyridine rings is 1. The van der Waals surface area contributed by atoms with Crippen LogP contribution in [0.4, 0.5) is 5.82 Å². The molecule has 1 heterocycles. The number of hydrogen-bond acceptors (Lipinski definition) is 3. The molecule has 0 spiro atoms. The maximum atomic E-state index is 12.4. The van der Waals surface area contributed by atoms with Crippen LogP contribution in [0.3, 0.4) is 0 Å². The van der Waals surface area contributed by atoms with Gasteiger partial charge in [-0.1, -0.05) is 37.8 Å². The van der Waals surface area contributed by atoms with Crippen molar-refractivity contribution >= 4 is 23.3 Å². The first-order valence-electron chi connectivity index (χ1n) is 7.26. The average molecular weight is 296 g/mol. The molecule has 2 rings (SSSR count). The molecule has 4 nitrogen and oxygen atoms in total. The highest BCUT2D eigenvalue weighted by atomic mass is 35.5. The van der Waals surface area contributed by atoms with Gasteiger partial charge in [0.1, 0.15) is 5.82 Å². The molecule has 0 bridgehead atoms. The van der Waals surface area contributed by atoms with Crippen LogP contribution in [0.2, 0.25) is 5.02 Å². The summed E-state index contributed by atoms with van der Waals surface area (Å²) in [7, 11) is 1.77. The van der Waals surface area contributed by atoms with Gasteiger partial charge in [-0.15, -0.1) is 0 Å². The van der Waals surface area contributed by atoms with Crippen LogP contribution >= 0.6 is 11.6 Å². The Hall–Kier alpha value is -1.29. The van der Waals surface area contributed by atoms with Crippen molar-refractivity contribution in [1.82, 2.24) is 10.3 Å². The van der Waals surface area contributed by atoms with E-state index in [9.17, 15) is 4.79 Å².